The number of hydrogen-bond acceptors (Lipinski definition) is 7. The fourth-order valence-electron chi connectivity index (χ4n) is 2.52. The normalized spacial score (nSPS) is 10.8. The van der Waals surface area contributed by atoms with Crippen molar-refractivity contribution in [3.8, 4) is 5.69 Å². The first kappa shape index (κ1) is 17.2. The van der Waals surface area contributed by atoms with Crippen LogP contribution < -0.4 is 16.6 Å². The Morgan fingerprint density at radius 1 is 1.04 bits per heavy atom. The number of aryl methyl sites for hydroxylation is 4. The first-order chi connectivity index (χ1) is 12.3. The quantitative estimate of drug-likeness (QED) is 0.658. The minimum absolute atomic E-state index is 0.0444. The van der Waals surface area contributed by atoms with E-state index in [2.05, 4.69) is 25.9 Å². The number of carbonyl (C=O) groups is 1. The van der Waals surface area contributed by atoms with Gasteiger partial charge in [0.1, 0.15) is 0 Å². The summed E-state index contributed by atoms with van der Waals surface area (Å²) >= 11 is 0. The molecule has 0 aliphatic carbocycles. The molecule has 0 radical (unpaired) electrons. The van der Waals surface area contributed by atoms with Crippen molar-refractivity contribution in [1.82, 2.24) is 34.6 Å². The third-order valence-electron chi connectivity index (χ3n) is 3.65. The van der Waals surface area contributed by atoms with Crippen LogP contribution in [-0.2, 0) is 14.1 Å². The summed E-state index contributed by atoms with van der Waals surface area (Å²) in [5.74, 6) is -0.773. The van der Waals surface area contributed by atoms with E-state index in [9.17, 15) is 14.4 Å². The molecule has 26 heavy (non-hydrogen) atoms. The summed E-state index contributed by atoms with van der Waals surface area (Å²) in [6.07, 6.45) is 0. The number of hydrogen-bond donors (Lipinski definition) is 1. The van der Waals surface area contributed by atoms with E-state index in [1.165, 1.54) is 18.8 Å². The molecule has 0 bridgehead atoms. The fourth-order valence-corrected chi connectivity index (χ4v) is 2.52. The monoisotopic (exact) mass is 356 g/mol. The molecule has 0 spiro atoms. The summed E-state index contributed by atoms with van der Waals surface area (Å²) in [7, 11) is 2.89. The highest BCUT2D eigenvalue weighted by atomic mass is 16.2. The van der Waals surface area contributed by atoms with E-state index < -0.39 is 22.9 Å². The Labute approximate surface area is 146 Å². The average molecular weight is 356 g/mol. The molecular weight excluding hydrogens is 340 g/mol. The predicted octanol–water partition coefficient (Wildman–Crippen LogP) is -0.676. The molecule has 3 aromatic rings. The standard InChI is InChI=1S/C15H16N8O3/c1-8-5-9(2)7-10(6-8)23-13(25)11(18-22(4)15(23)26)12(24)16-14-17-19-20-21(14)3/h5-7H,1-4H3,(H,16,17,20,24). The Kier molecular flexibility index (Phi) is 4.20. The van der Waals surface area contributed by atoms with Crippen LogP contribution in [0.4, 0.5) is 5.95 Å². The molecule has 1 amide bonds. The molecule has 3 rings (SSSR count). The second kappa shape index (κ2) is 6.35. The number of anilines is 1. The molecule has 0 fully saturated rings. The van der Waals surface area contributed by atoms with Crippen LogP contribution in [0.15, 0.2) is 27.8 Å². The highest BCUT2D eigenvalue weighted by molar-refractivity contribution is 6.01. The number of rotatable bonds is 3. The molecule has 1 N–H and O–H groups in total. The Bertz CT molecular complexity index is 1100. The van der Waals surface area contributed by atoms with Gasteiger partial charge in [0, 0.05) is 14.1 Å². The lowest BCUT2D eigenvalue weighted by Gasteiger charge is -2.10. The Morgan fingerprint density at radius 2 is 1.69 bits per heavy atom. The summed E-state index contributed by atoms with van der Waals surface area (Å²) in [5, 5.41) is 16.8. The summed E-state index contributed by atoms with van der Waals surface area (Å²) in [6.45, 7) is 3.70. The molecule has 0 saturated heterocycles. The molecule has 134 valence electrons. The lowest BCUT2D eigenvalue weighted by atomic mass is 10.1. The molecule has 0 unspecified atom stereocenters. The molecule has 11 heteroatoms. The molecule has 0 aliphatic heterocycles. The van der Waals surface area contributed by atoms with Crippen molar-refractivity contribution >= 4 is 11.9 Å². The molecule has 2 aromatic heterocycles. The van der Waals surface area contributed by atoms with Crippen LogP contribution in [-0.4, -0.2) is 40.5 Å². The van der Waals surface area contributed by atoms with E-state index in [0.29, 0.717) is 5.69 Å². The number of amides is 1. The molecule has 1 aromatic carbocycles. The largest absolute Gasteiger partial charge is 0.351 e. The van der Waals surface area contributed by atoms with Crippen molar-refractivity contribution in [2.45, 2.75) is 13.8 Å². The van der Waals surface area contributed by atoms with Crippen LogP contribution in [0.3, 0.4) is 0 Å². The van der Waals surface area contributed by atoms with Crippen LogP contribution >= 0.6 is 0 Å². The van der Waals surface area contributed by atoms with Gasteiger partial charge in [0.15, 0.2) is 0 Å². The topological polar surface area (TPSA) is 130 Å². The van der Waals surface area contributed by atoms with Crippen molar-refractivity contribution in [2.24, 2.45) is 14.1 Å². The van der Waals surface area contributed by atoms with Gasteiger partial charge in [-0.25, -0.2) is 18.7 Å². The van der Waals surface area contributed by atoms with Gasteiger partial charge in [-0.3, -0.25) is 14.9 Å². The summed E-state index contributed by atoms with van der Waals surface area (Å²) in [6, 6.07) is 5.28. The minimum Gasteiger partial charge on any atom is -0.288 e. The maximum atomic E-state index is 12.8. The maximum absolute atomic E-state index is 12.8. The van der Waals surface area contributed by atoms with Crippen LogP contribution in [0.1, 0.15) is 21.6 Å². The Morgan fingerprint density at radius 3 is 2.27 bits per heavy atom. The second-order valence-corrected chi connectivity index (χ2v) is 5.82. The van der Waals surface area contributed by atoms with E-state index >= 15 is 0 Å². The Hall–Kier alpha value is -3.63. The van der Waals surface area contributed by atoms with Crippen LogP contribution in [0.5, 0.6) is 0 Å². The van der Waals surface area contributed by atoms with E-state index in [0.717, 1.165) is 20.4 Å². The maximum Gasteiger partial charge on any atom is 0.351 e. The van der Waals surface area contributed by atoms with E-state index in [1.54, 1.807) is 12.1 Å². The molecule has 0 atom stereocenters. The average Bonchev–Trinajstić information content (AvgIpc) is 2.95. The Balaban J connectivity index is 2.16. The fraction of sp³-hybridized carbons (Fsp3) is 0.267. The highest BCUT2D eigenvalue weighted by Gasteiger charge is 2.21. The molecule has 2 heterocycles. The third-order valence-corrected chi connectivity index (χ3v) is 3.65. The zero-order valence-electron chi connectivity index (χ0n) is 14.6. The zero-order chi connectivity index (χ0) is 19.0. The SMILES string of the molecule is Cc1cc(C)cc(-n2c(=O)c(C(=O)Nc3nnnn3C)nn(C)c2=O)c1. The number of tetrazole rings is 1. The molecular formula is C15H16N8O3. The van der Waals surface area contributed by atoms with E-state index in [1.807, 2.05) is 19.9 Å². The molecule has 0 saturated carbocycles. The summed E-state index contributed by atoms with van der Waals surface area (Å²) < 4.78 is 3.07. The van der Waals surface area contributed by atoms with Gasteiger partial charge in [0.25, 0.3) is 11.5 Å². The number of nitrogens with one attached hydrogen (secondary N) is 1. The summed E-state index contributed by atoms with van der Waals surface area (Å²) in [4.78, 5) is 37.7. The van der Waals surface area contributed by atoms with Crippen LogP contribution in [0, 0.1) is 13.8 Å². The second-order valence-electron chi connectivity index (χ2n) is 5.82. The lowest BCUT2D eigenvalue weighted by molar-refractivity contribution is 0.101. The van der Waals surface area contributed by atoms with Crippen LogP contribution in [0.2, 0.25) is 0 Å². The number of aromatic nitrogens is 7. The number of carbonyl (C=O) groups excluding carboxylic acids is 1. The molecule has 11 nitrogen and oxygen atoms in total. The van der Waals surface area contributed by atoms with Gasteiger partial charge in [0.2, 0.25) is 11.6 Å². The lowest BCUT2D eigenvalue weighted by Crippen LogP contribution is -2.43. The van der Waals surface area contributed by atoms with Crippen molar-refractivity contribution in [3.63, 3.8) is 0 Å². The first-order valence-corrected chi connectivity index (χ1v) is 7.60. The third kappa shape index (κ3) is 3.01. The number of benzene rings is 1. The zero-order valence-corrected chi connectivity index (χ0v) is 14.6. The van der Waals surface area contributed by atoms with Gasteiger partial charge in [0.05, 0.1) is 5.69 Å². The predicted molar refractivity (Wildman–Crippen MR) is 91.3 cm³/mol. The molecule has 0 aliphatic rings. The van der Waals surface area contributed by atoms with Gasteiger partial charge in [-0.15, -0.1) is 0 Å². The minimum atomic E-state index is -0.828. The smallest absolute Gasteiger partial charge is 0.288 e. The van der Waals surface area contributed by atoms with Crippen molar-refractivity contribution in [3.05, 3.63) is 55.9 Å². The van der Waals surface area contributed by atoms with Gasteiger partial charge in [-0.1, -0.05) is 11.2 Å². The summed E-state index contributed by atoms with van der Waals surface area (Å²) in [5.41, 5.74) is 0.186. The van der Waals surface area contributed by atoms with Gasteiger partial charge >= 0.3 is 5.69 Å². The van der Waals surface area contributed by atoms with Gasteiger partial charge in [-0.2, -0.15) is 5.10 Å². The van der Waals surface area contributed by atoms with E-state index in [4.69, 9.17) is 0 Å². The van der Waals surface area contributed by atoms with Gasteiger partial charge < -0.3 is 0 Å². The van der Waals surface area contributed by atoms with Gasteiger partial charge in [-0.05, 0) is 47.5 Å². The van der Waals surface area contributed by atoms with Crippen molar-refractivity contribution < 1.29 is 4.79 Å². The van der Waals surface area contributed by atoms with E-state index in [-0.39, 0.29) is 5.95 Å². The number of nitrogens with zero attached hydrogens (tertiary/aromatic N) is 7. The van der Waals surface area contributed by atoms with Crippen molar-refractivity contribution in [1.29, 1.82) is 0 Å². The van der Waals surface area contributed by atoms with Crippen molar-refractivity contribution in [2.75, 3.05) is 5.32 Å². The van der Waals surface area contributed by atoms with Crippen LogP contribution in [0.25, 0.3) is 5.69 Å². The highest BCUT2D eigenvalue weighted by Crippen LogP contribution is 2.10. The first-order valence-electron chi connectivity index (χ1n) is 7.60.